The third-order valence-corrected chi connectivity index (χ3v) is 2.85. The Morgan fingerprint density at radius 2 is 2.06 bits per heavy atom. The van der Waals surface area contributed by atoms with E-state index in [1.807, 2.05) is 31.2 Å². The van der Waals surface area contributed by atoms with Gasteiger partial charge in [0.25, 0.3) is 0 Å². The lowest BCUT2D eigenvalue weighted by Crippen LogP contribution is -1.98. The van der Waals surface area contributed by atoms with E-state index in [0.717, 1.165) is 10.0 Å². The molecule has 0 spiro atoms. The fourth-order valence-electron chi connectivity index (χ4n) is 1.47. The van der Waals surface area contributed by atoms with Gasteiger partial charge in [0, 0.05) is 10.0 Å². The largest absolute Gasteiger partial charge is 0.475 e. The topological polar surface area (TPSA) is 63.3 Å². The number of aromatic carboxylic acids is 1. The van der Waals surface area contributed by atoms with Crippen molar-refractivity contribution in [3.05, 3.63) is 40.2 Å². The smallest absolute Gasteiger partial charge is 0.373 e. The maximum Gasteiger partial charge on any atom is 0.373 e. The lowest BCUT2D eigenvalue weighted by Gasteiger charge is -1.94. The maximum atomic E-state index is 10.9. The molecule has 0 radical (unpaired) electrons. The number of carbonyl (C=O) groups is 1. The molecule has 1 aromatic carbocycles. The number of nitrogens with zero attached hydrogens (tertiary/aromatic N) is 1. The summed E-state index contributed by atoms with van der Waals surface area (Å²) in [5.74, 6) is -0.824. The summed E-state index contributed by atoms with van der Waals surface area (Å²) < 4.78 is 6.21. The molecule has 0 saturated heterocycles. The summed E-state index contributed by atoms with van der Waals surface area (Å²) in [5.41, 5.74) is 1.23. The minimum atomic E-state index is -1.09. The first kappa shape index (κ1) is 11.9. The normalized spacial score (nSPS) is 10.5. The number of aryl methyl sites for hydroxylation is 1. The molecule has 4 nitrogen and oxygen atoms in total. The van der Waals surface area contributed by atoms with Crippen molar-refractivity contribution in [1.29, 1.82) is 0 Å². The number of aromatic nitrogens is 1. The minimum Gasteiger partial charge on any atom is -0.475 e. The molecule has 17 heavy (non-hydrogen) atoms. The van der Waals surface area contributed by atoms with Crippen LogP contribution in [0.5, 0.6) is 0 Å². The zero-order valence-electron chi connectivity index (χ0n) is 9.11. The lowest BCUT2D eigenvalue weighted by atomic mass is 10.2. The van der Waals surface area contributed by atoms with Crippen LogP contribution in [0.25, 0.3) is 11.5 Å². The Balaban J connectivity index is 2.46. The average molecular weight is 296 g/mol. The standard InChI is InChI=1S/C12H10BrNO3/c1-2-9-10(12(15)16)17-11(14-9)7-3-5-8(13)6-4-7/h3-6H,2H2,1H3,(H,15,16). The van der Waals surface area contributed by atoms with E-state index in [9.17, 15) is 4.79 Å². The molecule has 1 aromatic heterocycles. The van der Waals surface area contributed by atoms with Crippen molar-refractivity contribution in [1.82, 2.24) is 4.98 Å². The Hall–Kier alpha value is -1.62. The van der Waals surface area contributed by atoms with E-state index in [2.05, 4.69) is 20.9 Å². The molecule has 1 heterocycles. The molecule has 0 unspecified atom stereocenters. The van der Waals surface area contributed by atoms with Gasteiger partial charge in [-0.25, -0.2) is 9.78 Å². The summed E-state index contributed by atoms with van der Waals surface area (Å²) >= 11 is 3.33. The summed E-state index contributed by atoms with van der Waals surface area (Å²) in [6.45, 7) is 1.84. The van der Waals surface area contributed by atoms with Gasteiger partial charge >= 0.3 is 5.97 Å². The van der Waals surface area contributed by atoms with Crippen molar-refractivity contribution in [3.8, 4) is 11.5 Å². The molecule has 0 amide bonds. The van der Waals surface area contributed by atoms with Crippen molar-refractivity contribution in [3.63, 3.8) is 0 Å². The van der Waals surface area contributed by atoms with Crippen LogP contribution in [0.15, 0.2) is 33.2 Å². The maximum absolute atomic E-state index is 10.9. The van der Waals surface area contributed by atoms with Gasteiger partial charge in [-0.3, -0.25) is 0 Å². The number of oxazole rings is 1. The quantitative estimate of drug-likeness (QED) is 0.943. The highest BCUT2D eigenvalue weighted by molar-refractivity contribution is 9.10. The van der Waals surface area contributed by atoms with E-state index >= 15 is 0 Å². The van der Waals surface area contributed by atoms with Crippen molar-refractivity contribution in [2.45, 2.75) is 13.3 Å². The Bertz CT molecular complexity index is 545. The van der Waals surface area contributed by atoms with Gasteiger partial charge in [0.15, 0.2) is 0 Å². The highest BCUT2D eigenvalue weighted by Gasteiger charge is 2.18. The predicted octanol–water partition coefficient (Wildman–Crippen LogP) is 3.36. The molecule has 0 atom stereocenters. The van der Waals surface area contributed by atoms with Crippen LogP contribution in [0.1, 0.15) is 23.2 Å². The van der Waals surface area contributed by atoms with Gasteiger partial charge in [-0.15, -0.1) is 0 Å². The number of hydrogen-bond acceptors (Lipinski definition) is 3. The third-order valence-electron chi connectivity index (χ3n) is 2.32. The first-order valence-electron chi connectivity index (χ1n) is 5.10. The van der Waals surface area contributed by atoms with Crippen LogP contribution in [0, 0.1) is 0 Å². The van der Waals surface area contributed by atoms with Gasteiger partial charge in [-0.05, 0) is 30.7 Å². The molecule has 0 saturated carbocycles. The Morgan fingerprint density at radius 1 is 1.41 bits per heavy atom. The van der Waals surface area contributed by atoms with Crippen molar-refractivity contribution < 1.29 is 14.3 Å². The van der Waals surface area contributed by atoms with Crippen LogP contribution in [0.3, 0.4) is 0 Å². The minimum absolute atomic E-state index is 0.0783. The molecule has 5 heteroatoms. The fraction of sp³-hybridized carbons (Fsp3) is 0.167. The van der Waals surface area contributed by atoms with Crippen LogP contribution >= 0.6 is 15.9 Å². The van der Waals surface area contributed by atoms with Crippen LogP contribution in [-0.4, -0.2) is 16.1 Å². The lowest BCUT2D eigenvalue weighted by molar-refractivity contribution is 0.0662. The monoisotopic (exact) mass is 295 g/mol. The molecule has 1 N–H and O–H groups in total. The van der Waals surface area contributed by atoms with Crippen LogP contribution in [0.2, 0.25) is 0 Å². The van der Waals surface area contributed by atoms with Crippen molar-refractivity contribution in [2.75, 3.05) is 0 Å². The zero-order chi connectivity index (χ0) is 12.4. The number of rotatable bonds is 3. The van der Waals surface area contributed by atoms with E-state index in [0.29, 0.717) is 18.0 Å². The van der Waals surface area contributed by atoms with E-state index in [4.69, 9.17) is 9.52 Å². The zero-order valence-corrected chi connectivity index (χ0v) is 10.7. The Labute approximate surface area is 106 Å². The highest BCUT2D eigenvalue weighted by Crippen LogP contribution is 2.24. The van der Waals surface area contributed by atoms with Gasteiger partial charge in [0.05, 0.1) is 5.69 Å². The number of carboxylic acids is 1. The molecule has 2 rings (SSSR count). The molecule has 0 aliphatic rings. The molecule has 0 aliphatic carbocycles. The van der Waals surface area contributed by atoms with Crippen LogP contribution < -0.4 is 0 Å². The number of carboxylic acid groups (broad SMARTS) is 1. The highest BCUT2D eigenvalue weighted by atomic mass is 79.9. The van der Waals surface area contributed by atoms with Crippen LogP contribution in [-0.2, 0) is 6.42 Å². The molecule has 88 valence electrons. The summed E-state index contributed by atoms with van der Waals surface area (Å²) in [5, 5.41) is 8.96. The molecule has 2 aromatic rings. The summed E-state index contributed by atoms with van der Waals surface area (Å²) in [4.78, 5) is 15.1. The second-order valence-electron chi connectivity index (χ2n) is 3.46. The Morgan fingerprint density at radius 3 is 2.53 bits per heavy atom. The van der Waals surface area contributed by atoms with Crippen LogP contribution in [0.4, 0.5) is 0 Å². The molecular weight excluding hydrogens is 286 g/mol. The van der Waals surface area contributed by atoms with Gasteiger partial charge in [0.1, 0.15) is 0 Å². The van der Waals surface area contributed by atoms with E-state index in [-0.39, 0.29) is 5.76 Å². The first-order chi connectivity index (χ1) is 8.11. The SMILES string of the molecule is CCc1nc(-c2ccc(Br)cc2)oc1C(=O)O. The molecular formula is C12H10BrNO3. The molecule has 0 bridgehead atoms. The predicted molar refractivity (Wildman–Crippen MR) is 66.0 cm³/mol. The molecule has 0 aliphatic heterocycles. The molecule has 0 fully saturated rings. The number of benzene rings is 1. The van der Waals surface area contributed by atoms with Gasteiger partial charge in [-0.1, -0.05) is 22.9 Å². The van der Waals surface area contributed by atoms with Gasteiger partial charge < -0.3 is 9.52 Å². The third kappa shape index (κ3) is 2.39. The van der Waals surface area contributed by atoms with Crippen molar-refractivity contribution >= 4 is 21.9 Å². The average Bonchev–Trinajstić information content (AvgIpc) is 2.74. The van der Waals surface area contributed by atoms with Gasteiger partial charge in [0.2, 0.25) is 11.7 Å². The van der Waals surface area contributed by atoms with Crippen molar-refractivity contribution in [2.24, 2.45) is 0 Å². The van der Waals surface area contributed by atoms with E-state index in [1.54, 1.807) is 0 Å². The summed E-state index contributed by atoms with van der Waals surface area (Å²) in [7, 11) is 0. The van der Waals surface area contributed by atoms with Gasteiger partial charge in [-0.2, -0.15) is 0 Å². The first-order valence-corrected chi connectivity index (χ1v) is 5.90. The summed E-state index contributed by atoms with van der Waals surface area (Å²) in [6, 6.07) is 7.35. The summed E-state index contributed by atoms with van der Waals surface area (Å²) in [6.07, 6.45) is 0.529. The fourth-order valence-corrected chi connectivity index (χ4v) is 1.74. The number of halogens is 1. The Kier molecular flexibility index (Phi) is 3.28. The van der Waals surface area contributed by atoms with E-state index in [1.165, 1.54) is 0 Å². The second kappa shape index (κ2) is 4.71. The second-order valence-corrected chi connectivity index (χ2v) is 4.38. The number of hydrogen-bond donors (Lipinski definition) is 1. The van der Waals surface area contributed by atoms with E-state index < -0.39 is 5.97 Å².